The Morgan fingerprint density at radius 3 is 2.09 bits per heavy atom. The van der Waals surface area contributed by atoms with Gasteiger partial charge in [-0.1, -0.05) is 121 Å². The number of alkyl carbamates (subject to hydrolysis) is 1. The number of nitrogens with zero attached hydrogens (tertiary/aromatic N) is 1. The number of para-hydroxylation sites is 1. The molecule has 1 fully saturated rings. The zero-order valence-electron chi connectivity index (χ0n) is 36.8. The third kappa shape index (κ3) is 11.2. The largest absolute Gasteiger partial charge is 0.461 e. The number of rotatable bonds is 15. The predicted molar refractivity (Wildman–Crippen MR) is 247 cm³/mol. The molecule has 0 saturated heterocycles. The van der Waals surface area contributed by atoms with Gasteiger partial charge in [-0.2, -0.15) is 0 Å². The fourth-order valence-electron chi connectivity index (χ4n) is 8.78. The van der Waals surface area contributed by atoms with Crippen LogP contribution in [-0.2, 0) is 52.9 Å². The van der Waals surface area contributed by atoms with Gasteiger partial charge in [0.15, 0.2) is 5.78 Å². The number of aromatic nitrogens is 1. The minimum absolute atomic E-state index is 0.0121. The van der Waals surface area contributed by atoms with Crippen LogP contribution in [0.3, 0.4) is 0 Å². The Morgan fingerprint density at radius 1 is 0.723 bits per heavy atom. The Kier molecular flexibility index (Phi) is 14.3. The van der Waals surface area contributed by atoms with Gasteiger partial charge in [-0.05, 0) is 79.1 Å². The number of nitrogens with one attached hydrogen (secondary N) is 2. The number of H-pyrrole nitrogens is 1. The van der Waals surface area contributed by atoms with E-state index in [1.54, 1.807) is 57.3 Å². The van der Waals surface area contributed by atoms with Crippen LogP contribution in [0.4, 0.5) is 4.79 Å². The second kappa shape index (κ2) is 20.3. The first kappa shape index (κ1) is 46.0. The topological polar surface area (TPSA) is 204 Å². The molecule has 1 aromatic heterocycles. The van der Waals surface area contributed by atoms with Gasteiger partial charge in [0.1, 0.15) is 18.2 Å². The number of ether oxygens (including phenoxy) is 2. The molecule has 1 heterocycles. The summed E-state index contributed by atoms with van der Waals surface area (Å²) in [5, 5.41) is 5.34. The first-order valence-corrected chi connectivity index (χ1v) is 21.9. The number of hydrogen-bond acceptors (Lipinski definition) is 10. The van der Waals surface area contributed by atoms with Gasteiger partial charge in [-0.3, -0.25) is 24.0 Å². The van der Waals surface area contributed by atoms with Crippen LogP contribution in [0.15, 0.2) is 134 Å². The van der Waals surface area contributed by atoms with E-state index < -0.39 is 77.0 Å². The van der Waals surface area contributed by atoms with E-state index >= 15 is 9.59 Å². The van der Waals surface area contributed by atoms with Gasteiger partial charge in [0, 0.05) is 41.3 Å². The second-order valence-electron chi connectivity index (χ2n) is 17.7. The molecule has 336 valence electrons. The van der Waals surface area contributed by atoms with Crippen molar-refractivity contribution in [2.75, 3.05) is 0 Å². The lowest BCUT2D eigenvalue weighted by molar-refractivity contribution is -0.158. The number of imide groups is 3. The van der Waals surface area contributed by atoms with Gasteiger partial charge < -0.3 is 31.2 Å². The molecule has 1 aliphatic rings. The van der Waals surface area contributed by atoms with Crippen LogP contribution in [0, 0.1) is 11.8 Å². The summed E-state index contributed by atoms with van der Waals surface area (Å²) < 4.78 is 11.0. The van der Waals surface area contributed by atoms with Crippen molar-refractivity contribution in [1.29, 1.82) is 0 Å². The average Bonchev–Trinajstić information content (AvgIpc) is 3.93. The fraction of sp³-hybridized carbons (Fsp3) is 0.308. The highest BCUT2D eigenvalue weighted by Crippen LogP contribution is 2.46. The average molecular weight is 878 g/mol. The number of aromatic amines is 1. The van der Waals surface area contributed by atoms with Crippen LogP contribution in [0.2, 0.25) is 0 Å². The minimum Gasteiger partial charge on any atom is -0.461 e. The Morgan fingerprint density at radius 2 is 1.37 bits per heavy atom. The predicted octanol–water partition coefficient (Wildman–Crippen LogP) is 7.05. The molecule has 1 aliphatic carbocycles. The number of benzene rings is 5. The number of hydrogen-bond donors (Lipinski definition) is 4. The summed E-state index contributed by atoms with van der Waals surface area (Å²) in [5.74, 6) is -6.74. The minimum atomic E-state index is -1.48. The summed E-state index contributed by atoms with van der Waals surface area (Å²) in [6, 6.07) is 34.7. The van der Waals surface area contributed by atoms with E-state index in [1.807, 2.05) is 97.1 Å². The maximum absolute atomic E-state index is 15.4. The van der Waals surface area contributed by atoms with Crippen molar-refractivity contribution >= 4 is 57.2 Å². The van der Waals surface area contributed by atoms with Crippen LogP contribution in [0.5, 0.6) is 0 Å². The fourth-order valence-corrected chi connectivity index (χ4v) is 8.78. The van der Waals surface area contributed by atoms with Crippen LogP contribution < -0.4 is 16.8 Å². The molecule has 13 heteroatoms. The van der Waals surface area contributed by atoms with Crippen LogP contribution in [-0.4, -0.2) is 69.2 Å². The standard InChI is InChI=1S/C52H55N5O8/c1-52(2,3)65-51(63)56-44(28-37-30-55-43-21-13-12-20-38(37)43)50(62)57(49(61)42(54)27-33-22-23-34-16-10-11-19-36(34)26-33)48(60)40-25-24-39(46(40)35-17-8-5-9-18-35)47(59)41(53)29-45(58)64-31-32-14-6-4-7-15-32/h4-23,26,30,39-42,44,46,55H,24-25,27-29,31,53-54H2,1-3H3,(H,56,63)/t39?,40-,41+,42+,44+,46+/m1/s1. The van der Waals surface area contributed by atoms with Crippen molar-refractivity contribution in [1.82, 2.24) is 15.2 Å². The van der Waals surface area contributed by atoms with Crippen LogP contribution in [0.1, 0.15) is 68.2 Å². The summed E-state index contributed by atoms with van der Waals surface area (Å²) in [5.41, 5.74) is 15.7. The monoisotopic (exact) mass is 877 g/mol. The number of Topliss-reactive ketones (excluding diaryl/α,β-unsaturated/α-hetero) is 1. The molecule has 13 nitrogen and oxygen atoms in total. The van der Waals surface area contributed by atoms with Crippen LogP contribution in [0.25, 0.3) is 21.7 Å². The third-order valence-electron chi connectivity index (χ3n) is 11.9. The van der Waals surface area contributed by atoms with E-state index in [1.165, 1.54) is 0 Å². The number of amides is 4. The van der Waals surface area contributed by atoms with Gasteiger partial charge in [0.25, 0.3) is 11.8 Å². The molecule has 0 spiro atoms. The van der Waals surface area contributed by atoms with Crippen molar-refractivity contribution in [2.45, 2.75) is 89.1 Å². The third-order valence-corrected chi connectivity index (χ3v) is 11.9. The SMILES string of the molecule is CC(C)(C)OC(=O)N[C@@H](Cc1c[nH]c2ccccc12)C(=O)N(C(=O)[C@@H](N)Cc1ccc2ccccc2c1)C(=O)[C@@H]1CCC(C(=O)[C@@H](N)CC(=O)OCc2ccccc2)[C@@H]1c1ccccc1. The number of carbonyl (C=O) groups is 6. The Hall–Kier alpha value is -6.96. The summed E-state index contributed by atoms with van der Waals surface area (Å²) in [7, 11) is 0. The molecular weight excluding hydrogens is 823 g/mol. The number of esters is 1. The molecule has 1 saturated carbocycles. The van der Waals surface area contributed by atoms with Crippen molar-refractivity contribution in [2.24, 2.45) is 23.3 Å². The van der Waals surface area contributed by atoms with E-state index in [0.29, 0.717) is 21.6 Å². The summed E-state index contributed by atoms with van der Waals surface area (Å²) in [6.07, 6.45) is 0.528. The summed E-state index contributed by atoms with van der Waals surface area (Å²) >= 11 is 0. The summed E-state index contributed by atoms with van der Waals surface area (Å²) in [6.45, 7) is 5.04. The van der Waals surface area contributed by atoms with E-state index in [0.717, 1.165) is 27.2 Å². The van der Waals surface area contributed by atoms with Gasteiger partial charge >= 0.3 is 12.1 Å². The molecule has 6 N–H and O–H groups in total. The maximum atomic E-state index is 15.4. The highest BCUT2D eigenvalue weighted by molar-refractivity contribution is 6.15. The molecule has 0 aliphatic heterocycles. The molecule has 7 rings (SSSR count). The van der Waals surface area contributed by atoms with Crippen molar-refractivity contribution < 1.29 is 38.2 Å². The van der Waals surface area contributed by atoms with E-state index in [9.17, 15) is 19.2 Å². The lowest BCUT2D eigenvalue weighted by Gasteiger charge is -2.32. The Bertz CT molecular complexity index is 2680. The first-order valence-electron chi connectivity index (χ1n) is 21.9. The van der Waals surface area contributed by atoms with Gasteiger partial charge in [0.2, 0.25) is 5.91 Å². The van der Waals surface area contributed by atoms with Crippen molar-refractivity contribution in [3.63, 3.8) is 0 Å². The molecule has 1 unspecified atom stereocenters. The van der Waals surface area contributed by atoms with E-state index in [4.69, 9.17) is 20.9 Å². The molecule has 5 aromatic carbocycles. The highest BCUT2D eigenvalue weighted by atomic mass is 16.6. The molecule has 0 bridgehead atoms. The highest BCUT2D eigenvalue weighted by Gasteiger charge is 2.50. The smallest absolute Gasteiger partial charge is 0.408 e. The first-order chi connectivity index (χ1) is 31.2. The molecule has 65 heavy (non-hydrogen) atoms. The normalized spacial score (nSPS) is 17.5. The zero-order valence-corrected chi connectivity index (χ0v) is 36.8. The maximum Gasteiger partial charge on any atom is 0.408 e. The quantitative estimate of drug-likeness (QED) is 0.0774. The van der Waals surface area contributed by atoms with Crippen LogP contribution >= 0.6 is 0 Å². The van der Waals surface area contributed by atoms with Gasteiger partial charge in [0.05, 0.1) is 18.5 Å². The van der Waals surface area contributed by atoms with E-state index in [2.05, 4.69) is 10.3 Å². The molecule has 0 radical (unpaired) electrons. The number of nitrogens with two attached hydrogens (primary N) is 2. The Labute approximate surface area is 377 Å². The van der Waals surface area contributed by atoms with E-state index in [-0.39, 0.29) is 38.7 Å². The molecule has 6 aromatic rings. The lowest BCUT2D eigenvalue weighted by Crippen LogP contribution is -2.59. The summed E-state index contributed by atoms with van der Waals surface area (Å²) in [4.78, 5) is 90.0. The number of carbonyl (C=O) groups excluding carboxylic acids is 6. The molecule has 4 amide bonds. The second-order valence-corrected chi connectivity index (χ2v) is 17.7. The Balaban J connectivity index is 1.22. The lowest BCUT2D eigenvalue weighted by atomic mass is 9.79. The van der Waals surface area contributed by atoms with Crippen molar-refractivity contribution in [3.8, 4) is 0 Å². The van der Waals surface area contributed by atoms with Gasteiger partial charge in [-0.25, -0.2) is 9.69 Å². The van der Waals surface area contributed by atoms with Gasteiger partial charge in [-0.15, -0.1) is 0 Å². The van der Waals surface area contributed by atoms with Crippen molar-refractivity contribution in [3.05, 3.63) is 156 Å². The zero-order chi connectivity index (χ0) is 46.3. The molecule has 6 atom stereocenters. The number of fused-ring (bicyclic) bond motifs is 2. The number of ketones is 1. The molecular formula is C52H55N5O8.